The fraction of sp³-hybridized carbons (Fsp3) is 0.533. The maximum Gasteiger partial charge on any atom is 0.320 e. The lowest BCUT2D eigenvalue weighted by Crippen LogP contribution is -2.44. The molecule has 1 saturated heterocycles. The summed E-state index contributed by atoms with van der Waals surface area (Å²) in [5.74, 6) is 0.735. The van der Waals surface area contributed by atoms with Crippen LogP contribution in [0.4, 0.5) is 0 Å². The highest BCUT2D eigenvalue weighted by molar-refractivity contribution is 9.10. The summed E-state index contributed by atoms with van der Waals surface area (Å²) in [7, 11) is 0. The van der Waals surface area contributed by atoms with Crippen LogP contribution in [0.3, 0.4) is 0 Å². The van der Waals surface area contributed by atoms with E-state index in [0.717, 1.165) is 47.3 Å². The van der Waals surface area contributed by atoms with Gasteiger partial charge in [0.05, 0.1) is 4.47 Å². The SMILES string of the molecule is O=C(O)C1CCCCN1Cc1cc(Br)c2c(c1)OCCO2. The summed E-state index contributed by atoms with van der Waals surface area (Å²) < 4.78 is 12.1. The van der Waals surface area contributed by atoms with Gasteiger partial charge in [0, 0.05) is 6.54 Å². The first-order chi connectivity index (χ1) is 10.1. The topological polar surface area (TPSA) is 59.0 Å². The zero-order valence-corrected chi connectivity index (χ0v) is 13.3. The maximum absolute atomic E-state index is 11.4. The third-order valence-corrected chi connectivity index (χ3v) is 4.53. The average molecular weight is 356 g/mol. The average Bonchev–Trinajstić information content (AvgIpc) is 2.47. The number of nitrogens with zero attached hydrogens (tertiary/aromatic N) is 1. The number of piperidine rings is 1. The minimum Gasteiger partial charge on any atom is -0.486 e. The van der Waals surface area contributed by atoms with Gasteiger partial charge in [0.2, 0.25) is 0 Å². The van der Waals surface area contributed by atoms with E-state index in [4.69, 9.17) is 9.47 Å². The Morgan fingerprint density at radius 1 is 1.33 bits per heavy atom. The number of rotatable bonds is 3. The molecule has 0 bridgehead atoms. The molecule has 21 heavy (non-hydrogen) atoms. The van der Waals surface area contributed by atoms with E-state index in [9.17, 15) is 9.90 Å². The molecule has 1 fully saturated rings. The van der Waals surface area contributed by atoms with E-state index in [0.29, 0.717) is 19.8 Å². The van der Waals surface area contributed by atoms with Crippen LogP contribution in [-0.4, -0.2) is 41.8 Å². The number of benzene rings is 1. The Balaban J connectivity index is 1.80. The van der Waals surface area contributed by atoms with Crippen LogP contribution >= 0.6 is 15.9 Å². The Labute approximate surface area is 132 Å². The van der Waals surface area contributed by atoms with E-state index < -0.39 is 5.97 Å². The first-order valence-corrected chi connectivity index (χ1v) is 7.99. The van der Waals surface area contributed by atoms with Gasteiger partial charge in [0.15, 0.2) is 11.5 Å². The molecule has 0 amide bonds. The van der Waals surface area contributed by atoms with E-state index in [1.165, 1.54) is 0 Å². The van der Waals surface area contributed by atoms with Gasteiger partial charge >= 0.3 is 5.97 Å². The van der Waals surface area contributed by atoms with Crippen LogP contribution in [0.2, 0.25) is 0 Å². The second kappa shape index (κ2) is 6.23. The number of fused-ring (bicyclic) bond motifs is 1. The first kappa shape index (κ1) is 14.7. The molecule has 1 aromatic rings. The quantitative estimate of drug-likeness (QED) is 0.903. The number of carboxylic acids is 1. The van der Waals surface area contributed by atoms with E-state index in [1.54, 1.807) is 0 Å². The molecular formula is C15H18BrNO4. The highest BCUT2D eigenvalue weighted by Gasteiger charge is 2.28. The number of halogens is 1. The molecule has 5 nitrogen and oxygen atoms in total. The molecule has 1 N–H and O–H groups in total. The van der Waals surface area contributed by atoms with Crippen molar-refractivity contribution in [1.29, 1.82) is 0 Å². The molecule has 2 aliphatic rings. The molecule has 1 atom stereocenters. The lowest BCUT2D eigenvalue weighted by molar-refractivity contribution is -0.144. The zero-order valence-electron chi connectivity index (χ0n) is 11.7. The third kappa shape index (κ3) is 3.16. The molecular weight excluding hydrogens is 338 g/mol. The van der Waals surface area contributed by atoms with Gasteiger partial charge in [-0.3, -0.25) is 9.69 Å². The minimum atomic E-state index is -0.730. The summed E-state index contributed by atoms with van der Waals surface area (Å²) >= 11 is 3.50. The van der Waals surface area contributed by atoms with E-state index in [1.807, 2.05) is 17.0 Å². The number of likely N-dealkylation sites (tertiary alicyclic amines) is 1. The summed E-state index contributed by atoms with van der Waals surface area (Å²) in [6.45, 7) is 2.54. The number of aliphatic carboxylic acids is 1. The maximum atomic E-state index is 11.4. The Morgan fingerprint density at radius 2 is 2.14 bits per heavy atom. The molecule has 2 aliphatic heterocycles. The number of hydrogen-bond acceptors (Lipinski definition) is 4. The van der Waals surface area contributed by atoms with Crippen molar-refractivity contribution in [3.8, 4) is 11.5 Å². The molecule has 0 aromatic heterocycles. The molecule has 0 aliphatic carbocycles. The Hall–Kier alpha value is -1.27. The van der Waals surface area contributed by atoms with Gasteiger partial charge < -0.3 is 14.6 Å². The van der Waals surface area contributed by atoms with Gasteiger partial charge in [0.1, 0.15) is 19.3 Å². The summed E-state index contributed by atoms with van der Waals surface area (Å²) in [6.07, 6.45) is 2.76. The number of ether oxygens (including phenoxy) is 2. The van der Waals surface area contributed by atoms with Gasteiger partial charge in [-0.15, -0.1) is 0 Å². The lowest BCUT2D eigenvalue weighted by atomic mass is 10.0. The molecule has 1 aromatic carbocycles. The Kier molecular flexibility index (Phi) is 4.35. The van der Waals surface area contributed by atoms with E-state index in [-0.39, 0.29) is 6.04 Å². The fourth-order valence-corrected chi connectivity index (χ4v) is 3.55. The summed E-state index contributed by atoms with van der Waals surface area (Å²) in [5, 5.41) is 9.34. The second-order valence-electron chi connectivity index (χ2n) is 5.42. The molecule has 114 valence electrons. The summed E-state index contributed by atoms with van der Waals surface area (Å²) in [4.78, 5) is 13.4. The van der Waals surface area contributed by atoms with Gasteiger partial charge in [-0.05, 0) is 53.0 Å². The molecule has 6 heteroatoms. The molecule has 3 rings (SSSR count). The van der Waals surface area contributed by atoms with Crippen LogP contribution in [0.5, 0.6) is 11.5 Å². The molecule has 2 heterocycles. The van der Waals surface area contributed by atoms with Crippen molar-refractivity contribution in [3.63, 3.8) is 0 Å². The van der Waals surface area contributed by atoms with E-state index in [2.05, 4.69) is 15.9 Å². The van der Waals surface area contributed by atoms with Gasteiger partial charge in [-0.1, -0.05) is 6.42 Å². The van der Waals surface area contributed by atoms with Crippen LogP contribution in [0.1, 0.15) is 24.8 Å². The van der Waals surface area contributed by atoms with Crippen molar-refractivity contribution in [1.82, 2.24) is 4.90 Å². The summed E-state index contributed by atoms with van der Waals surface area (Å²) in [6, 6.07) is 3.55. The Bertz CT molecular complexity index is 549. The van der Waals surface area contributed by atoms with Crippen molar-refractivity contribution in [2.75, 3.05) is 19.8 Å². The fourth-order valence-electron chi connectivity index (χ4n) is 2.95. The monoisotopic (exact) mass is 355 g/mol. The van der Waals surface area contributed by atoms with Crippen LogP contribution in [0, 0.1) is 0 Å². The largest absolute Gasteiger partial charge is 0.486 e. The van der Waals surface area contributed by atoms with Crippen molar-refractivity contribution >= 4 is 21.9 Å². The van der Waals surface area contributed by atoms with Crippen LogP contribution < -0.4 is 9.47 Å². The zero-order chi connectivity index (χ0) is 14.8. The van der Waals surface area contributed by atoms with Gasteiger partial charge in [-0.25, -0.2) is 0 Å². The Morgan fingerprint density at radius 3 is 2.95 bits per heavy atom. The van der Waals surface area contributed by atoms with Crippen LogP contribution in [0.25, 0.3) is 0 Å². The molecule has 1 unspecified atom stereocenters. The van der Waals surface area contributed by atoms with Gasteiger partial charge in [0.25, 0.3) is 0 Å². The smallest absolute Gasteiger partial charge is 0.320 e. The highest BCUT2D eigenvalue weighted by Crippen LogP contribution is 2.39. The number of carboxylic acid groups (broad SMARTS) is 1. The standard InChI is InChI=1S/C15H18BrNO4/c16-11-7-10(8-13-14(11)21-6-5-20-13)9-17-4-2-1-3-12(17)15(18)19/h7-8,12H,1-6,9H2,(H,18,19). The van der Waals surface area contributed by atoms with Crippen molar-refractivity contribution in [2.24, 2.45) is 0 Å². The van der Waals surface area contributed by atoms with Crippen LogP contribution in [0.15, 0.2) is 16.6 Å². The van der Waals surface area contributed by atoms with Crippen molar-refractivity contribution in [2.45, 2.75) is 31.8 Å². The molecule has 0 radical (unpaired) electrons. The molecule has 0 spiro atoms. The van der Waals surface area contributed by atoms with Crippen molar-refractivity contribution in [3.05, 3.63) is 22.2 Å². The molecule has 0 saturated carbocycles. The predicted molar refractivity (Wildman–Crippen MR) is 80.8 cm³/mol. The summed E-state index contributed by atoms with van der Waals surface area (Å²) in [5.41, 5.74) is 1.04. The minimum absolute atomic E-state index is 0.384. The third-order valence-electron chi connectivity index (χ3n) is 3.94. The van der Waals surface area contributed by atoms with Crippen molar-refractivity contribution < 1.29 is 19.4 Å². The first-order valence-electron chi connectivity index (χ1n) is 7.20. The number of carbonyl (C=O) groups is 1. The second-order valence-corrected chi connectivity index (χ2v) is 6.28. The predicted octanol–water partition coefficient (Wildman–Crippen LogP) is 2.66. The van der Waals surface area contributed by atoms with Gasteiger partial charge in [-0.2, -0.15) is 0 Å². The highest BCUT2D eigenvalue weighted by atomic mass is 79.9. The normalized spacial score (nSPS) is 22.0. The van der Waals surface area contributed by atoms with E-state index >= 15 is 0 Å². The van der Waals surface area contributed by atoms with Crippen LogP contribution in [-0.2, 0) is 11.3 Å². The number of hydrogen-bond donors (Lipinski definition) is 1. The lowest BCUT2D eigenvalue weighted by Gasteiger charge is -2.33.